The Balaban J connectivity index is 3.13. The molecule has 6 nitrogen and oxygen atoms in total. The molecule has 0 spiro atoms. The standard InChI is InChI=1S/C16H16N2O4S/c1-4-6-11(5-2)15(19)17(3)10-13-8-7-12(16(20)23)9-14(13)18(21)22/h4-9H,1-2,10H2,3H3,(H,20,23)/b11-6+. The van der Waals surface area contributed by atoms with Crippen LogP contribution in [0.1, 0.15) is 15.9 Å². The molecule has 0 bridgehead atoms. The van der Waals surface area contributed by atoms with Crippen molar-refractivity contribution in [3.8, 4) is 0 Å². The number of nitro benzene ring substituents is 1. The van der Waals surface area contributed by atoms with Crippen LogP contribution in [0.4, 0.5) is 5.69 Å². The van der Waals surface area contributed by atoms with E-state index < -0.39 is 10.0 Å². The van der Waals surface area contributed by atoms with Crippen LogP contribution in [0.5, 0.6) is 0 Å². The van der Waals surface area contributed by atoms with Gasteiger partial charge in [-0.15, -0.1) is 12.6 Å². The van der Waals surface area contributed by atoms with Gasteiger partial charge in [0.1, 0.15) is 0 Å². The lowest BCUT2D eigenvalue weighted by molar-refractivity contribution is -0.385. The zero-order valence-corrected chi connectivity index (χ0v) is 13.5. The van der Waals surface area contributed by atoms with Gasteiger partial charge in [0.25, 0.3) is 11.6 Å². The van der Waals surface area contributed by atoms with Crippen molar-refractivity contribution in [1.29, 1.82) is 0 Å². The number of carbonyl (C=O) groups is 2. The van der Waals surface area contributed by atoms with E-state index in [1.807, 2.05) is 0 Å². The topological polar surface area (TPSA) is 80.5 Å². The van der Waals surface area contributed by atoms with Gasteiger partial charge in [0.2, 0.25) is 5.12 Å². The molecule has 0 aromatic heterocycles. The Bertz CT molecular complexity index is 710. The predicted molar refractivity (Wildman–Crippen MR) is 91.4 cm³/mol. The van der Waals surface area contributed by atoms with Crippen LogP contribution in [-0.4, -0.2) is 27.9 Å². The van der Waals surface area contributed by atoms with E-state index in [4.69, 9.17) is 0 Å². The van der Waals surface area contributed by atoms with Gasteiger partial charge in [-0.1, -0.05) is 31.4 Å². The first-order valence-electron chi connectivity index (χ1n) is 6.53. The SMILES string of the molecule is C=C/C=C(\C=C)C(=O)N(C)Cc1ccc(C(=O)S)cc1[N+](=O)[O-]. The number of hydrogen-bond acceptors (Lipinski definition) is 4. The van der Waals surface area contributed by atoms with Gasteiger partial charge >= 0.3 is 0 Å². The van der Waals surface area contributed by atoms with E-state index in [9.17, 15) is 19.7 Å². The monoisotopic (exact) mass is 332 g/mol. The average molecular weight is 332 g/mol. The summed E-state index contributed by atoms with van der Waals surface area (Å²) >= 11 is 3.65. The van der Waals surface area contributed by atoms with E-state index in [2.05, 4.69) is 25.8 Å². The summed E-state index contributed by atoms with van der Waals surface area (Å²) in [4.78, 5) is 35.3. The molecule has 0 aliphatic rings. The highest BCUT2D eigenvalue weighted by Crippen LogP contribution is 2.23. The fraction of sp³-hybridized carbons (Fsp3) is 0.125. The van der Waals surface area contributed by atoms with E-state index >= 15 is 0 Å². The maximum Gasteiger partial charge on any atom is 0.275 e. The van der Waals surface area contributed by atoms with E-state index in [0.29, 0.717) is 11.1 Å². The van der Waals surface area contributed by atoms with Crippen LogP contribution >= 0.6 is 12.6 Å². The zero-order valence-electron chi connectivity index (χ0n) is 12.6. The Morgan fingerprint density at radius 3 is 2.52 bits per heavy atom. The largest absolute Gasteiger partial charge is 0.337 e. The number of carbonyl (C=O) groups excluding carboxylic acids is 2. The summed E-state index contributed by atoms with van der Waals surface area (Å²) in [5.41, 5.74) is 0.520. The van der Waals surface area contributed by atoms with Crippen LogP contribution < -0.4 is 0 Å². The van der Waals surface area contributed by atoms with Gasteiger partial charge in [0.15, 0.2) is 0 Å². The third-order valence-corrected chi connectivity index (χ3v) is 3.31. The molecule has 0 saturated heterocycles. The molecule has 0 radical (unpaired) electrons. The van der Waals surface area contributed by atoms with Crippen LogP contribution in [0.15, 0.2) is 55.2 Å². The third-order valence-electron chi connectivity index (χ3n) is 3.05. The summed E-state index contributed by atoms with van der Waals surface area (Å²) in [6.07, 6.45) is 4.35. The second-order valence-corrected chi connectivity index (χ2v) is 5.03. The summed E-state index contributed by atoms with van der Waals surface area (Å²) in [6.45, 7) is 7.08. The molecule has 0 aliphatic carbocycles. The van der Waals surface area contributed by atoms with Gasteiger partial charge < -0.3 is 4.90 Å². The van der Waals surface area contributed by atoms with E-state index in [0.717, 1.165) is 6.07 Å². The van der Waals surface area contributed by atoms with Gasteiger partial charge in [0, 0.05) is 29.8 Å². The van der Waals surface area contributed by atoms with Crippen molar-refractivity contribution in [2.24, 2.45) is 0 Å². The fourth-order valence-corrected chi connectivity index (χ4v) is 2.04. The normalized spacial score (nSPS) is 10.8. The second-order valence-electron chi connectivity index (χ2n) is 4.63. The molecule has 1 aromatic carbocycles. The number of amides is 1. The molecule has 1 amide bonds. The lowest BCUT2D eigenvalue weighted by Crippen LogP contribution is -2.27. The molecule has 0 saturated carbocycles. The number of nitro groups is 1. The van der Waals surface area contributed by atoms with Crippen molar-refractivity contribution < 1.29 is 14.5 Å². The van der Waals surface area contributed by atoms with Gasteiger partial charge in [-0.3, -0.25) is 19.7 Å². The minimum atomic E-state index is -0.595. The molecule has 0 fully saturated rings. The number of nitrogens with zero attached hydrogens (tertiary/aromatic N) is 2. The van der Waals surface area contributed by atoms with Crippen LogP contribution in [0, 0.1) is 10.1 Å². The molecular weight excluding hydrogens is 316 g/mol. The van der Waals surface area contributed by atoms with Crippen molar-refractivity contribution in [1.82, 2.24) is 4.90 Å². The summed E-state index contributed by atoms with van der Waals surface area (Å²) in [7, 11) is 1.52. The zero-order chi connectivity index (χ0) is 17.6. The third kappa shape index (κ3) is 4.65. The summed E-state index contributed by atoms with van der Waals surface area (Å²) in [6, 6.07) is 4.02. The highest BCUT2D eigenvalue weighted by atomic mass is 32.1. The number of rotatable bonds is 7. The molecule has 0 N–H and O–H groups in total. The summed E-state index contributed by atoms with van der Waals surface area (Å²) in [5.74, 6) is -0.344. The minimum Gasteiger partial charge on any atom is -0.337 e. The molecule has 23 heavy (non-hydrogen) atoms. The Morgan fingerprint density at radius 1 is 1.39 bits per heavy atom. The van der Waals surface area contributed by atoms with Crippen molar-refractivity contribution in [2.75, 3.05) is 7.05 Å². The number of allylic oxidation sites excluding steroid dienone is 2. The average Bonchev–Trinajstić information content (AvgIpc) is 2.51. The maximum atomic E-state index is 12.2. The number of likely N-dealkylation sites (N-methyl/N-ethyl adjacent to an activating group) is 1. The van der Waals surface area contributed by atoms with E-state index in [-0.39, 0.29) is 23.7 Å². The predicted octanol–water partition coefficient (Wildman–Crippen LogP) is 2.92. The summed E-state index contributed by atoms with van der Waals surface area (Å²) < 4.78 is 0. The summed E-state index contributed by atoms with van der Waals surface area (Å²) in [5, 5.41) is 10.6. The first-order valence-corrected chi connectivity index (χ1v) is 6.97. The first-order chi connectivity index (χ1) is 10.8. The first kappa shape index (κ1) is 18.4. The molecule has 1 rings (SSSR count). The lowest BCUT2D eigenvalue weighted by Gasteiger charge is -2.18. The highest BCUT2D eigenvalue weighted by molar-refractivity contribution is 7.97. The maximum absolute atomic E-state index is 12.2. The Morgan fingerprint density at radius 2 is 2.04 bits per heavy atom. The Hall–Kier alpha value is -2.67. The smallest absolute Gasteiger partial charge is 0.275 e. The second kappa shape index (κ2) is 8.09. The van der Waals surface area contributed by atoms with Crippen LogP contribution in [0.3, 0.4) is 0 Å². The molecule has 0 atom stereocenters. The van der Waals surface area contributed by atoms with Gasteiger partial charge in [-0.05, 0) is 12.1 Å². The molecule has 120 valence electrons. The molecule has 7 heteroatoms. The van der Waals surface area contributed by atoms with Crippen molar-refractivity contribution >= 4 is 29.3 Å². The highest BCUT2D eigenvalue weighted by Gasteiger charge is 2.20. The van der Waals surface area contributed by atoms with Gasteiger partial charge in [-0.2, -0.15) is 0 Å². The minimum absolute atomic E-state index is 0.0124. The van der Waals surface area contributed by atoms with Crippen LogP contribution in [0.25, 0.3) is 0 Å². The van der Waals surface area contributed by atoms with Crippen LogP contribution in [0.2, 0.25) is 0 Å². The Labute approximate surface area is 139 Å². The molecule has 0 heterocycles. The quantitative estimate of drug-likeness (QED) is 0.274. The number of hydrogen-bond donors (Lipinski definition) is 1. The van der Waals surface area contributed by atoms with E-state index in [1.54, 1.807) is 0 Å². The molecular formula is C16H16N2O4S. The van der Waals surface area contributed by atoms with Crippen molar-refractivity contribution in [3.05, 3.63) is 76.4 Å². The lowest BCUT2D eigenvalue weighted by atomic mass is 10.1. The van der Waals surface area contributed by atoms with Crippen LogP contribution in [-0.2, 0) is 11.3 Å². The Kier molecular flexibility index (Phi) is 6.47. The fourth-order valence-electron chi connectivity index (χ4n) is 1.90. The molecule has 0 aliphatic heterocycles. The number of thiol groups is 1. The number of benzene rings is 1. The molecule has 1 aromatic rings. The van der Waals surface area contributed by atoms with Crippen molar-refractivity contribution in [3.63, 3.8) is 0 Å². The van der Waals surface area contributed by atoms with Gasteiger partial charge in [0.05, 0.1) is 11.5 Å². The van der Waals surface area contributed by atoms with Crippen molar-refractivity contribution in [2.45, 2.75) is 6.54 Å². The molecule has 0 unspecified atom stereocenters. The van der Waals surface area contributed by atoms with E-state index in [1.165, 1.54) is 42.3 Å². The van der Waals surface area contributed by atoms with Gasteiger partial charge in [-0.25, -0.2) is 0 Å².